The molecule has 0 aliphatic carbocycles. The van der Waals surface area contributed by atoms with Gasteiger partial charge >= 0.3 is 6.18 Å². The molecule has 4 nitrogen and oxygen atoms in total. The number of amides is 1. The topological polar surface area (TPSA) is 44.4 Å². The number of alkyl halides is 3. The molecule has 2 rings (SSSR count). The number of rotatable bonds is 7. The molecule has 1 aromatic rings. The maximum atomic E-state index is 13.3. The Labute approximate surface area is 162 Å². The van der Waals surface area contributed by atoms with Crippen LogP contribution in [-0.2, 0) is 10.5 Å². The van der Waals surface area contributed by atoms with Gasteiger partial charge in [0.1, 0.15) is 6.04 Å². The van der Waals surface area contributed by atoms with Crippen LogP contribution in [0.4, 0.5) is 13.2 Å². The van der Waals surface area contributed by atoms with Crippen molar-refractivity contribution in [2.75, 3.05) is 32.7 Å². The van der Waals surface area contributed by atoms with Gasteiger partial charge in [-0.15, -0.1) is 24.2 Å². The van der Waals surface area contributed by atoms with Crippen molar-refractivity contribution >= 4 is 30.1 Å². The second kappa shape index (κ2) is 11.0. The zero-order valence-electron chi connectivity index (χ0n) is 14.6. The maximum absolute atomic E-state index is 13.3. The van der Waals surface area contributed by atoms with Gasteiger partial charge in [-0.25, -0.2) is 0 Å². The summed E-state index contributed by atoms with van der Waals surface area (Å²) in [6.07, 6.45) is -4.36. The van der Waals surface area contributed by atoms with Gasteiger partial charge in [0, 0.05) is 38.5 Å². The normalized spacial score (nSPS) is 17.8. The number of nitrogens with one attached hydrogen (secondary N) is 2. The standard InChI is InChI=1S/C17H24F3N3OS.ClH/c1-13(25-12-14-5-3-2-4-6-14)16(24)22-11-15(17(18,19)20)23-9-7-21-8-10-23;/h2-6,13,15,21H,7-12H2,1H3,(H,22,24);1H. The largest absolute Gasteiger partial charge is 0.405 e. The summed E-state index contributed by atoms with van der Waals surface area (Å²) in [6, 6.07) is 8.04. The predicted molar refractivity (Wildman–Crippen MR) is 102 cm³/mol. The highest BCUT2D eigenvalue weighted by Crippen LogP contribution is 2.25. The molecule has 0 aromatic heterocycles. The van der Waals surface area contributed by atoms with Gasteiger partial charge in [0.25, 0.3) is 0 Å². The van der Waals surface area contributed by atoms with Crippen LogP contribution < -0.4 is 10.6 Å². The molecule has 0 saturated carbocycles. The lowest BCUT2D eigenvalue weighted by molar-refractivity contribution is -0.184. The van der Waals surface area contributed by atoms with E-state index in [1.165, 1.54) is 16.7 Å². The van der Waals surface area contributed by atoms with Crippen LogP contribution in [0.2, 0.25) is 0 Å². The number of carbonyl (C=O) groups excluding carboxylic acids is 1. The van der Waals surface area contributed by atoms with E-state index in [9.17, 15) is 18.0 Å². The molecule has 2 N–H and O–H groups in total. The second-order valence-corrected chi connectivity index (χ2v) is 7.36. The Morgan fingerprint density at radius 1 is 1.27 bits per heavy atom. The molecule has 2 atom stereocenters. The Bertz CT molecular complexity index is 542. The van der Waals surface area contributed by atoms with E-state index in [0.717, 1.165) is 5.56 Å². The molecular formula is C17H25ClF3N3OS. The average molecular weight is 412 g/mol. The summed E-state index contributed by atoms with van der Waals surface area (Å²) in [4.78, 5) is 13.5. The van der Waals surface area contributed by atoms with E-state index < -0.39 is 24.0 Å². The molecule has 1 aliphatic heterocycles. The Morgan fingerprint density at radius 3 is 2.46 bits per heavy atom. The van der Waals surface area contributed by atoms with Gasteiger partial charge < -0.3 is 10.6 Å². The van der Waals surface area contributed by atoms with Gasteiger partial charge in [0.2, 0.25) is 5.91 Å². The van der Waals surface area contributed by atoms with Crippen molar-refractivity contribution in [3.05, 3.63) is 35.9 Å². The smallest absolute Gasteiger partial charge is 0.353 e. The summed E-state index contributed by atoms with van der Waals surface area (Å²) < 4.78 is 39.9. The third kappa shape index (κ3) is 7.34. The first-order valence-electron chi connectivity index (χ1n) is 8.32. The van der Waals surface area contributed by atoms with Crippen LogP contribution in [0.1, 0.15) is 12.5 Å². The molecule has 26 heavy (non-hydrogen) atoms. The van der Waals surface area contributed by atoms with Gasteiger partial charge in [0.15, 0.2) is 0 Å². The monoisotopic (exact) mass is 411 g/mol. The maximum Gasteiger partial charge on any atom is 0.405 e. The number of thioether (sulfide) groups is 1. The van der Waals surface area contributed by atoms with Gasteiger partial charge in [0.05, 0.1) is 5.25 Å². The van der Waals surface area contributed by atoms with E-state index >= 15 is 0 Å². The van der Waals surface area contributed by atoms with Crippen LogP contribution in [0.3, 0.4) is 0 Å². The summed E-state index contributed by atoms with van der Waals surface area (Å²) in [5, 5.41) is 5.11. The van der Waals surface area contributed by atoms with Crippen LogP contribution in [0, 0.1) is 0 Å². The molecule has 1 heterocycles. The van der Waals surface area contributed by atoms with Crippen LogP contribution in [-0.4, -0.2) is 61.0 Å². The lowest BCUT2D eigenvalue weighted by atomic mass is 10.2. The van der Waals surface area contributed by atoms with E-state index in [1.807, 2.05) is 30.3 Å². The summed E-state index contributed by atoms with van der Waals surface area (Å²) in [7, 11) is 0. The lowest BCUT2D eigenvalue weighted by Gasteiger charge is -2.36. The highest BCUT2D eigenvalue weighted by molar-refractivity contribution is 7.99. The SMILES string of the molecule is CC(SCc1ccccc1)C(=O)NCC(N1CCNCC1)C(F)(F)F.Cl. The molecule has 148 valence electrons. The van der Waals surface area contributed by atoms with Crippen molar-refractivity contribution < 1.29 is 18.0 Å². The fourth-order valence-electron chi connectivity index (χ4n) is 2.66. The first kappa shape index (κ1) is 23.1. The minimum atomic E-state index is -4.36. The van der Waals surface area contributed by atoms with Gasteiger partial charge in [-0.3, -0.25) is 9.69 Å². The Morgan fingerprint density at radius 2 is 1.88 bits per heavy atom. The minimum Gasteiger partial charge on any atom is -0.353 e. The van der Waals surface area contributed by atoms with E-state index in [-0.39, 0.29) is 18.3 Å². The van der Waals surface area contributed by atoms with Crippen molar-refractivity contribution in [1.82, 2.24) is 15.5 Å². The van der Waals surface area contributed by atoms with Gasteiger partial charge in [-0.1, -0.05) is 30.3 Å². The van der Waals surface area contributed by atoms with Gasteiger partial charge in [-0.2, -0.15) is 13.2 Å². The van der Waals surface area contributed by atoms with Gasteiger partial charge in [-0.05, 0) is 12.5 Å². The van der Waals surface area contributed by atoms with Crippen LogP contribution in [0.25, 0.3) is 0 Å². The predicted octanol–water partition coefficient (Wildman–Crippen LogP) is 2.68. The number of hydrogen-bond acceptors (Lipinski definition) is 4. The van der Waals surface area contributed by atoms with Crippen LogP contribution in [0.15, 0.2) is 30.3 Å². The van der Waals surface area contributed by atoms with Crippen molar-refractivity contribution in [2.45, 2.75) is 30.1 Å². The number of nitrogens with zero attached hydrogens (tertiary/aromatic N) is 1. The van der Waals surface area contributed by atoms with Crippen molar-refractivity contribution in [2.24, 2.45) is 0 Å². The summed E-state index contributed by atoms with van der Waals surface area (Å²) in [6.45, 7) is 3.04. The molecule has 0 spiro atoms. The van der Waals surface area contributed by atoms with Crippen molar-refractivity contribution in [1.29, 1.82) is 0 Å². The van der Waals surface area contributed by atoms with E-state index in [0.29, 0.717) is 31.9 Å². The molecule has 2 unspecified atom stereocenters. The summed E-state index contributed by atoms with van der Waals surface area (Å²) in [5.74, 6) is 0.293. The Balaban J connectivity index is 0.00000338. The fourth-order valence-corrected chi connectivity index (χ4v) is 3.53. The molecule has 1 aliphatic rings. The van der Waals surface area contributed by atoms with Crippen molar-refractivity contribution in [3.8, 4) is 0 Å². The Hall–Kier alpha value is -0.960. The first-order valence-corrected chi connectivity index (χ1v) is 9.37. The number of benzene rings is 1. The molecule has 1 aromatic carbocycles. The highest BCUT2D eigenvalue weighted by atomic mass is 35.5. The molecule has 1 fully saturated rings. The molecule has 1 saturated heterocycles. The lowest BCUT2D eigenvalue weighted by Crippen LogP contribution is -2.57. The summed E-state index contributed by atoms with van der Waals surface area (Å²) in [5.41, 5.74) is 1.08. The molecule has 0 bridgehead atoms. The summed E-state index contributed by atoms with van der Waals surface area (Å²) >= 11 is 1.42. The second-order valence-electron chi connectivity index (χ2n) is 6.03. The third-order valence-electron chi connectivity index (χ3n) is 4.15. The third-order valence-corrected chi connectivity index (χ3v) is 5.37. The molecule has 0 radical (unpaired) electrons. The van der Waals surface area contributed by atoms with Crippen LogP contribution >= 0.6 is 24.2 Å². The zero-order chi connectivity index (χ0) is 18.3. The minimum absolute atomic E-state index is 0. The number of halogens is 4. The Kier molecular flexibility index (Phi) is 9.78. The molecule has 1 amide bonds. The van der Waals surface area contributed by atoms with E-state index in [2.05, 4.69) is 10.6 Å². The van der Waals surface area contributed by atoms with E-state index in [1.54, 1.807) is 6.92 Å². The molecular weight excluding hydrogens is 387 g/mol. The van der Waals surface area contributed by atoms with Crippen molar-refractivity contribution in [3.63, 3.8) is 0 Å². The number of piperazine rings is 1. The highest BCUT2D eigenvalue weighted by Gasteiger charge is 2.43. The fraction of sp³-hybridized carbons (Fsp3) is 0.588. The average Bonchev–Trinajstić information content (AvgIpc) is 2.60. The van der Waals surface area contributed by atoms with Crippen LogP contribution in [0.5, 0.6) is 0 Å². The quantitative estimate of drug-likeness (QED) is 0.724. The number of carbonyl (C=O) groups is 1. The van der Waals surface area contributed by atoms with E-state index in [4.69, 9.17) is 0 Å². The first-order chi connectivity index (χ1) is 11.9. The number of hydrogen-bond donors (Lipinski definition) is 2. The molecule has 9 heteroatoms. The zero-order valence-corrected chi connectivity index (χ0v) is 16.2.